The monoisotopic (exact) mass is 344 g/mol. The number of benzene rings is 1. The highest BCUT2D eigenvalue weighted by molar-refractivity contribution is 5.84. The van der Waals surface area contributed by atoms with Gasteiger partial charge >= 0.3 is 0 Å². The zero-order valence-electron chi connectivity index (χ0n) is 15.2. The minimum atomic E-state index is -0.275. The average Bonchev–Trinajstić information content (AvgIpc) is 2.86. The van der Waals surface area contributed by atoms with Gasteiger partial charge in [-0.25, -0.2) is 4.39 Å². The number of carbonyl (C=O) groups is 1. The molecular weight excluding hydrogens is 319 g/mol. The minimum Gasteiger partial charge on any atom is -0.333 e. The van der Waals surface area contributed by atoms with Crippen molar-refractivity contribution in [3.8, 4) is 0 Å². The first-order valence-corrected chi connectivity index (χ1v) is 8.67. The summed E-state index contributed by atoms with van der Waals surface area (Å²) in [6.07, 6.45) is 0. The lowest BCUT2D eigenvalue weighted by Gasteiger charge is -2.38. The number of amides is 1. The van der Waals surface area contributed by atoms with Crippen molar-refractivity contribution >= 4 is 5.91 Å². The fourth-order valence-electron chi connectivity index (χ4n) is 3.77. The molecule has 5 nitrogen and oxygen atoms in total. The van der Waals surface area contributed by atoms with Gasteiger partial charge in [0.05, 0.1) is 17.7 Å². The van der Waals surface area contributed by atoms with Gasteiger partial charge in [-0.1, -0.05) is 12.1 Å². The highest BCUT2D eigenvalue weighted by Gasteiger charge is 2.33. The molecular formula is C19H25FN4O. The summed E-state index contributed by atoms with van der Waals surface area (Å²) >= 11 is 0. The molecule has 134 valence electrons. The molecule has 1 fully saturated rings. The summed E-state index contributed by atoms with van der Waals surface area (Å²) in [5.74, 6) is -0.486. The quantitative estimate of drug-likeness (QED) is 0.930. The van der Waals surface area contributed by atoms with Gasteiger partial charge in [0.1, 0.15) is 5.82 Å². The first-order chi connectivity index (χ1) is 11.9. The molecule has 3 rings (SSSR count). The van der Waals surface area contributed by atoms with Crippen LogP contribution in [0, 0.1) is 19.7 Å². The standard InChI is InChI=1S/C19H25FN4O/c1-12(18-13(2)22-23(4)14(18)3)19(25)24-9-8-21-11-17(24)15-6-5-7-16(20)10-15/h5-7,10,12,17,21H,8-9,11H2,1-4H3. The first-order valence-electron chi connectivity index (χ1n) is 8.67. The number of aromatic nitrogens is 2. The molecule has 0 spiro atoms. The lowest BCUT2D eigenvalue weighted by molar-refractivity contribution is -0.135. The van der Waals surface area contributed by atoms with E-state index in [1.165, 1.54) is 12.1 Å². The summed E-state index contributed by atoms with van der Waals surface area (Å²) < 4.78 is 15.5. The molecule has 2 aromatic rings. The van der Waals surface area contributed by atoms with E-state index in [1.807, 2.05) is 43.5 Å². The number of aryl methyl sites for hydroxylation is 2. The van der Waals surface area contributed by atoms with Crippen molar-refractivity contribution in [2.24, 2.45) is 7.05 Å². The highest BCUT2D eigenvalue weighted by atomic mass is 19.1. The number of carbonyl (C=O) groups excluding carboxylic acids is 1. The van der Waals surface area contributed by atoms with E-state index in [-0.39, 0.29) is 23.7 Å². The van der Waals surface area contributed by atoms with Gasteiger partial charge in [-0.3, -0.25) is 9.48 Å². The summed E-state index contributed by atoms with van der Waals surface area (Å²) in [4.78, 5) is 15.1. The molecule has 1 aromatic heterocycles. The molecule has 0 bridgehead atoms. The second-order valence-electron chi connectivity index (χ2n) is 6.74. The Balaban J connectivity index is 1.90. The SMILES string of the molecule is Cc1nn(C)c(C)c1C(C)C(=O)N1CCNCC1c1cccc(F)c1. The number of rotatable bonds is 3. The van der Waals surface area contributed by atoms with Crippen LogP contribution in [0.4, 0.5) is 4.39 Å². The number of nitrogens with zero attached hydrogens (tertiary/aromatic N) is 3. The third-order valence-corrected chi connectivity index (χ3v) is 5.13. The van der Waals surface area contributed by atoms with E-state index >= 15 is 0 Å². The second kappa shape index (κ2) is 6.96. The van der Waals surface area contributed by atoms with Crippen LogP contribution in [0.25, 0.3) is 0 Å². The lowest BCUT2D eigenvalue weighted by atomic mass is 9.95. The van der Waals surface area contributed by atoms with E-state index < -0.39 is 0 Å². The summed E-state index contributed by atoms with van der Waals surface area (Å²) in [5, 5.41) is 7.74. The third-order valence-electron chi connectivity index (χ3n) is 5.13. The summed E-state index contributed by atoms with van der Waals surface area (Å²) in [6.45, 7) is 7.85. The number of halogens is 1. The van der Waals surface area contributed by atoms with Crippen LogP contribution in [-0.2, 0) is 11.8 Å². The molecule has 1 aliphatic rings. The predicted octanol–water partition coefficient (Wildman–Crippen LogP) is 2.45. The maximum Gasteiger partial charge on any atom is 0.230 e. The Labute approximate surface area is 147 Å². The smallest absolute Gasteiger partial charge is 0.230 e. The molecule has 0 aliphatic carbocycles. The Hall–Kier alpha value is -2.21. The average molecular weight is 344 g/mol. The van der Waals surface area contributed by atoms with Gasteiger partial charge in [-0.2, -0.15) is 5.10 Å². The maximum absolute atomic E-state index is 13.6. The number of hydrogen-bond acceptors (Lipinski definition) is 3. The molecule has 0 saturated carbocycles. The van der Waals surface area contributed by atoms with E-state index in [0.29, 0.717) is 13.1 Å². The molecule has 2 atom stereocenters. The second-order valence-corrected chi connectivity index (χ2v) is 6.74. The van der Waals surface area contributed by atoms with Gasteiger partial charge in [-0.15, -0.1) is 0 Å². The van der Waals surface area contributed by atoms with Crippen molar-refractivity contribution in [2.75, 3.05) is 19.6 Å². The molecule has 0 radical (unpaired) electrons. The van der Waals surface area contributed by atoms with Crippen LogP contribution in [-0.4, -0.2) is 40.2 Å². The van der Waals surface area contributed by atoms with Crippen molar-refractivity contribution in [1.29, 1.82) is 0 Å². The van der Waals surface area contributed by atoms with Crippen LogP contribution in [0.15, 0.2) is 24.3 Å². The number of hydrogen-bond donors (Lipinski definition) is 1. The molecule has 1 N–H and O–H groups in total. The van der Waals surface area contributed by atoms with Gasteiger partial charge in [-0.05, 0) is 38.5 Å². The van der Waals surface area contributed by atoms with E-state index in [4.69, 9.17) is 0 Å². The lowest BCUT2D eigenvalue weighted by Crippen LogP contribution is -2.50. The first kappa shape index (κ1) is 17.6. The molecule has 1 saturated heterocycles. The van der Waals surface area contributed by atoms with Crippen molar-refractivity contribution in [2.45, 2.75) is 32.7 Å². The molecule has 1 aromatic carbocycles. The van der Waals surface area contributed by atoms with Crippen molar-refractivity contribution < 1.29 is 9.18 Å². The largest absolute Gasteiger partial charge is 0.333 e. The van der Waals surface area contributed by atoms with Crippen molar-refractivity contribution in [1.82, 2.24) is 20.0 Å². The molecule has 25 heavy (non-hydrogen) atoms. The molecule has 2 heterocycles. The Kier molecular flexibility index (Phi) is 4.90. The van der Waals surface area contributed by atoms with Gasteiger partial charge in [0.15, 0.2) is 0 Å². The maximum atomic E-state index is 13.6. The van der Waals surface area contributed by atoms with Crippen LogP contribution in [0.1, 0.15) is 41.4 Å². The van der Waals surface area contributed by atoms with E-state index in [2.05, 4.69) is 10.4 Å². The Bertz CT molecular complexity index is 786. The molecule has 1 aliphatic heterocycles. The Morgan fingerprint density at radius 1 is 1.40 bits per heavy atom. The normalized spacial score (nSPS) is 19.1. The van der Waals surface area contributed by atoms with Gasteiger partial charge in [0.2, 0.25) is 5.91 Å². The third kappa shape index (κ3) is 3.31. The summed E-state index contributed by atoms with van der Waals surface area (Å²) in [6, 6.07) is 6.37. The summed E-state index contributed by atoms with van der Waals surface area (Å²) in [5.41, 5.74) is 3.71. The van der Waals surface area contributed by atoms with Crippen LogP contribution < -0.4 is 5.32 Å². The van der Waals surface area contributed by atoms with Crippen LogP contribution in [0.3, 0.4) is 0 Å². The minimum absolute atomic E-state index is 0.0648. The van der Waals surface area contributed by atoms with Gasteiger partial charge in [0.25, 0.3) is 0 Å². The molecule has 1 amide bonds. The van der Waals surface area contributed by atoms with E-state index in [1.54, 1.807) is 6.07 Å². The van der Waals surface area contributed by atoms with Crippen LogP contribution >= 0.6 is 0 Å². The zero-order valence-corrected chi connectivity index (χ0v) is 15.2. The number of nitrogens with one attached hydrogen (secondary N) is 1. The highest BCUT2D eigenvalue weighted by Crippen LogP contribution is 2.30. The fraction of sp³-hybridized carbons (Fsp3) is 0.474. The zero-order chi connectivity index (χ0) is 18.1. The van der Waals surface area contributed by atoms with Crippen molar-refractivity contribution in [3.63, 3.8) is 0 Å². The molecule has 6 heteroatoms. The topological polar surface area (TPSA) is 50.2 Å². The van der Waals surface area contributed by atoms with E-state index in [0.717, 1.165) is 29.1 Å². The summed E-state index contributed by atoms with van der Waals surface area (Å²) in [7, 11) is 1.89. The Morgan fingerprint density at radius 2 is 2.16 bits per heavy atom. The van der Waals surface area contributed by atoms with Gasteiger partial charge in [0, 0.05) is 37.9 Å². The number of piperazine rings is 1. The van der Waals surface area contributed by atoms with Crippen LogP contribution in [0.5, 0.6) is 0 Å². The predicted molar refractivity (Wildman–Crippen MR) is 94.8 cm³/mol. The van der Waals surface area contributed by atoms with Crippen molar-refractivity contribution in [3.05, 3.63) is 52.6 Å². The van der Waals surface area contributed by atoms with Gasteiger partial charge < -0.3 is 10.2 Å². The van der Waals surface area contributed by atoms with Crippen LogP contribution in [0.2, 0.25) is 0 Å². The molecule has 2 unspecified atom stereocenters. The van der Waals surface area contributed by atoms with E-state index in [9.17, 15) is 9.18 Å². The fourth-order valence-corrected chi connectivity index (χ4v) is 3.77. The Morgan fingerprint density at radius 3 is 2.80 bits per heavy atom.